The van der Waals surface area contributed by atoms with E-state index in [1.165, 1.54) is 5.39 Å². The number of carbonyl (C=O) groups is 2. The molecule has 280 valence electrons. The van der Waals surface area contributed by atoms with Crippen molar-refractivity contribution in [1.82, 2.24) is 4.98 Å². The van der Waals surface area contributed by atoms with E-state index in [0.717, 1.165) is 44.0 Å². The summed E-state index contributed by atoms with van der Waals surface area (Å²) in [6.45, 7) is 6.73. The van der Waals surface area contributed by atoms with Gasteiger partial charge in [-0.05, 0) is 77.7 Å². The number of anilines is 2. The van der Waals surface area contributed by atoms with Crippen LogP contribution in [0.3, 0.4) is 0 Å². The normalized spacial score (nSPS) is 16.2. The molecule has 9 nitrogen and oxygen atoms in total. The first-order valence-electron chi connectivity index (χ1n) is 17.8. The summed E-state index contributed by atoms with van der Waals surface area (Å²) in [4.78, 5) is 32.9. The smallest absolute Gasteiger partial charge is 0.414 e. The molecular weight excluding hydrogens is 725 g/mol. The molecule has 11 heteroatoms. The van der Waals surface area contributed by atoms with Gasteiger partial charge in [-0.3, -0.25) is 9.69 Å². The highest BCUT2D eigenvalue weighted by Gasteiger charge is 2.36. The highest BCUT2D eigenvalue weighted by molar-refractivity contribution is 6.19. The van der Waals surface area contributed by atoms with Gasteiger partial charge in [-0.1, -0.05) is 60.7 Å². The molecule has 0 spiro atoms. The minimum Gasteiger partial charge on any atom is -0.493 e. The summed E-state index contributed by atoms with van der Waals surface area (Å²) in [5.74, 6) is 2.52. The van der Waals surface area contributed by atoms with Crippen molar-refractivity contribution in [2.75, 3.05) is 56.0 Å². The molecule has 2 aliphatic rings. The van der Waals surface area contributed by atoms with Crippen molar-refractivity contribution < 1.29 is 28.5 Å². The van der Waals surface area contributed by atoms with E-state index in [4.69, 9.17) is 42.1 Å². The second-order valence-corrected chi connectivity index (χ2v) is 15.1. The van der Waals surface area contributed by atoms with Crippen LogP contribution in [0.5, 0.6) is 17.2 Å². The van der Waals surface area contributed by atoms with Crippen LogP contribution in [0, 0.1) is 0 Å². The van der Waals surface area contributed by atoms with Gasteiger partial charge in [-0.25, -0.2) is 4.79 Å². The number of hydrogen-bond donors (Lipinski definition) is 1. The van der Waals surface area contributed by atoms with Gasteiger partial charge in [0.25, 0.3) is 5.91 Å². The van der Waals surface area contributed by atoms with Crippen molar-refractivity contribution in [3.05, 3.63) is 102 Å². The monoisotopic (exact) mass is 767 g/mol. The highest BCUT2D eigenvalue weighted by atomic mass is 35.5. The quantitative estimate of drug-likeness (QED) is 0.170. The molecule has 1 aromatic heterocycles. The Bertz CT molecular complexity index is 2390. The van der Waals surface area contributed by atoms with E-state index in [-0.39, 0.29) is 23.8 Å². The maximum absolute atomic E-state index is 13.6. The lowest BCUT2D eigenvalue weighted by molar-refractivity contribution is 0.0582. The summed E-state index contributed by atoms with van der Waals surface area (Å²) in [5, 5.41) is 5.41. The van der Waals surface area contributed by atoms with Crippen LogP contribution in [0.2, 0.25) is 0 Å². The first-order chi connectivity index (χ1) is 26.0. The molecule has 0 bridgehead atoms. The molecule has 0 saturated carbocycles. The number of amides is 2. The number of nitrogens with one attached hydrogen (secondary N) is 1. The SMILES string of the molecule is CC(C)(C)OC(=O)N1C[C@@H](CCl)c2c1ccc1ccccc21.COc1cc2cc(C(=O)N3C[C@@H](CCl)c4c3ccc3ccccc43)[nH]c2c(OC)c1OC. The minimum absolute atomic E-state index is 0.0702. The Kier molecular flexibility index (Phi) is 10.3. The van der Waals surface area contributed by atoms with Crippen LogP contribution in [0.4, 0.5) is 16.2 Å². The maximum Gasteiger partial charge on any atom is 0.414 e. The van der Waals surface area contributed by atoms with E-state index in [9.17, 15) is 9.59 Å². The van der Waals surface area contributed by atoms with Gasteiger partial charge in [0.05, 0.1) is 32.5 Å². The molecule has 6 aromatic rings. The van der Waals surface area contributed by atoms with Gasteiger partial charge in [0.2, 0.25) is 5.75 Å². The summed E-state index contributed by atoms with van der Waals surface area (Å²) in [6.07, 6.45) is -0.309. The first kappa shape index (κ1) is 37.2. The third kappa shape index (κ3) is 6.64. The predicted octanol–water partition coefficient (Wildman–Crippen LogP) is 10.2. The van der Waals surface area contributed by atoms with E-state index in [1.54, 1.807) is 31.1 Å². The number of carbonyl (C=O) groups excluding carboxylic acids is 2. The molecule has 0 saturated heterocycles. The van der Waals surface area contributed by atoms with Crippen LogP contribution in [-0.2, 0) is 4.74 Å². The zero-order valence-corrected chi connectivity index (χ0v) is 32.7. The Morgan fingerprint density at radius 2 is 1.24 bits per heavy atom. The fourth-order valence-corrected chi connectivity index (χ4v) is 8.16. The Hall–Kier alpha value is -5.12. The summed E-state index contributed by atoms with van der Waals surface area (Å²) < 4.78 is 22.0. The fourth-order valence-electron chi connectivity index (χ4n) is 7.66. The average Bonchev–Trinajstić information content (AvgIpc) is 3.90. The van der Waals surface area contributed by atoms with Crippen molar-refractivity contribution in [3.63, 3.8) is 0 Å². The lowest BCUT2D eigenvalue weighted by Gasteiger charge is -2.25. The van der Waals surface area contributed by atoms with Crippen LogP contribution >= 0.6 is 23.2 Å². The number of rotatable bonds is 6. The lowest BCUT2D eigenvalue weighted by Crippen LogP contribution is -2.36. The number of ether oxygens (including phenoxy) is 4. The average molecular weight is 769 g/mol. The summed E-state index contributed by atoms with van der Waals surface area (Å²) in [5.41, 5.74) is 4.73. The molecule has 5 aromatic carbocycles. The lowest BCUT2D eigenvalue weighted by atomic mass is 9.96. The molecule has 1 N–H and O–H groups in total. The van der Waals surface area contributed by atoms with E-state index < -0.39 is 5.60 Å². The summed E-state index contributed by atoms with van der Waals surface area (Å²) >= 11 is 12.5. The van der Waals surface area contributed by atoms with Gasteiger partial charge >= 0.3 is 6.09 Å². The van der Waals surface area contributed by atoms with E-state index >= 15 is 0 Å². The van der Waals surface area contributed by atoms with Crippen LogP contribution in [0.1, 0.15) is 54.2 Å². The number of alkyl halides is 2. The second-order valence-electron chi connectivity index (χ2n) is 14.4. The largest absolute Gasteiger partial charge is 0.493 e. The predicted molar refractivity (Wildman–Crippen MR) is 218 cm³/mol. The summed E-state index contributed by atoms with van der Waals surface area (Å²) in [7, 11) is 4.69. The van der Waals surface area contributed by atoms with Crippen LogP contribution in [0.15, 0.2) is 84.9 Å². The molecule has 2 aliphatic heterocycles. The number of nitrogens with zero attached hydrogens (tertiary/aromatic N) is 2. The number of methoxy groups -OCH3 is 3. The first-order valence-corrected chi connectivity index (χ1v) is 18.9. The molecule has 54 heavy (non-hydrogen) atoms. The van der Waals surface area contributed by atoms with E-state index in [2.05, 4.69) is 35.3 Å². The number of benzene rings is 5. The standard InChI is InChI=1S/C25H23ClN2O4.C18H20ClNO2/c1-30-20-11-15-10-18(27-22(15)24(32-3)23(20)31-2)25(29)28-13-16(12-26)21-17-7-5-4-6-14(17)8-9-19(21)28;1-18(2,3)22-17(21)20-11-13(10-19)16-14-7-5-4-6-12(14)8-9-15(16)20/h4-11,16,27H,12-13H2,1-3H3;4-9,13H,10-11H2,1-3H3/t16-;13-/m11/s1. The Balaban J connectivity index is 0.000000179. The molecule has 2 amide bonds. The van der Waals surface area contributed by atoms with Crippen molar-refractivity contribution in [2.45, 2.75) is 38.2 Å². The van der Waals surface area contributed by atoms with Crippen LogP contribution < -0.4 is 24.0 Å². The number of hydrogen-bond acceptors (Lipinski definition) is 6. The second kappa shape index (κ2) is 15.0. The van der Waals surface area contributed by atoms with Gasteiger partial charge in [-0.2, -0.15) is 0 Å². The zero-order valence-electron chi connectivity index (χ0n) is 31.2. The fraction of sp³-hybridized carbons (Fsp3) is 0.302. The number of aromatic amines is 1. The molecule has 8 rings (SSSR count). The Morgan fingerprint density at radius 3 is 1.76 bits per heavy atom. The minimum atomic E-state index is -0.507. The van der Waals surface area contributed by atoms with Gasteiger partial charge in [0.15, 0.2) is 11.5 Å². The Labute approximate surface area is 324 Å². The summed E-state index contributed by atoms with van der Waals surface area (Å²) in [6, 6.07) is 28.2. The third-order valence-corrected chi connectivity index (χ3v) is 10.7. The van der Waals surface area contributed by atoms with Crippen molar-refractivity contribution >= 4 is 79.0 Å². The topological polar surface area (TPSA) is 93.3 Å². The number of H-pyrrole nitrogens is 1. The van der Waals surface area contributed by atoms with Crippen LogP contribution in [-0.4, -0.2) is 68.8 Å². The highest BCUT2D eigenvalue weighted by Crippen LogP contribution is 2.46. The Morgan fingerprint density at radius 1 is 0.704 bits per heavy atom. The van der Waals surface area contributed by atoms with E-state index in [0.29, 0.717) is 53.3 Å². The van der Waals surface area contributed by atoms with E-state index in [1.807, 2.05) is 75.4 Å². The third-order valence-electron chi connectivity index (χ3n) is 9.98. The number of halogens is 2. The molecule has 2 atom stereocenters. The number of aromatic nitrogens is 1. The molecule has 0 unspecified atom stereocenters. The molecule has 3 heterocycles. The number of fused-ring (bicyclic) bond motifs is 7. The van der Waals surface area contributed by atoms with Crippen molar-refractivity contribution in [2.24, 2.45) is 0 Å². The maximum atomic E-state index is 13.6. The molecule has 0 radical (unpaired) electrons. The molecule has 0 aliphatic carbocycles. The zero-order chi connectivity index (χ0) is 38.3. The van der Waals surface area contributed by atoms with Gasteiger partial charge in [0.1, 0.15) is 11.3 Å². The molecular formula is C43H43Cl2N3O6. The van der Waals surface area contributed by atoms with Crippen molar-refractivity contribution in [3.8, 4) is 17.2 Å². The van der Waals surface area contributed by atoms with Gasteiger partial charge in [0, 0.05) is 47.8 Å². The van der Waals surface area contributed by atoms with Crippen molar-refractivity contribution in [1.29, 1.82) is 0 Å². The van der Waals surface area contributed by atoms with Crippen LogP contribution in [0.25, 0.3) is 32.4 Å². The van der Waals surface area contributed by atoms with Gasteiger partial charge < -0.3 is 28.8 Å². The molecule has 0 fully saturated rings. The van der Waals surface area contributed by atoms with Gasteiger partial charge in [-0.15, -0.1) is 23.2 Å².